The second kappa shape index (κ2) is 7.11. The summed E-state index contributed by atoms with van der Waals surface area (Å²) in [5.41, 5.74) is 0.861. The highest BCUT2D eigenvalue weighted by Gasteiger charge is 2.18. The van der Waals surface area contributed by atoms with Gasteiger partial charge >= 0.3 is 0 Å². The van der Waals surface area contributed by atoms with Crippen LogP contribution in [0.4, 0.5) is 5.69 Å². The maximum Gasteiger partial charge on any atom is 0.263 e. The summed E-state index contributed by atoms with van der Waals surface area (Å²) < 4.78 is 28.6. The molecule has 2 N–H and O–H groups in total. The minimum absolute atomic E-state index is 0.0962. The summed E-state index contributed by atoms with van der Waals surface area (Å²) in [6, 6.07) is 11.4. The number of aromatic nitrogens is 2. The number of hydrogen-bond donors (Lipinski definition) is 2. The fraction of sp³-hybridized carbons (Fsp3) is 0. The minimum Gasteiger partial charge on any atom is -0.508 e. The van der Waals surface area contributed by atoms with Crippen LogP contribution in [0.25, 0.3) is 11.4 Å². The molecule has 0 atom stereocenters. The van der Waals surface area contributed by atoms with Crippen molar-refractivity contribution in [3.63, 3.8) is 0 Å². The van der Waals surface area contributed by atoms with E-state index >= 15 is 0 Å². The monoisotopic (exact) mass is 483 g/mol. The minimum atomic E-state index is -3.80. The molecule has 6 nitrogen and oxygen atoms in total. The lowest BCUT2D eigenvalue weighted by Crippen LogP contribution is -2.14. The fourth-order valence-corrected chi connectivity index (χ4v) is 4.60. The van der Waals surface area contributed by atoms with Gasteiger partial charge in [0.1, 0.15) is 10.6 Å². The van der Waals surface area contributed by atoms with Crippen molar-refractivity contribution in [3.8, 4) is 17.1 Å². The molecule has 0 aliphatic rings. The van der Waals surface area contributed by atoms with Gasteiger partial charge in [0.15, 0.2) is 5.82 Å². The van der Waals surface area contributed by atoms with Gasteiger partial charge in [-0.2, -0.15) is 0 Å². The smallest absolute Gasteiger partial charge is 0.263 e. The van der Waals surface area contributed by atoms with Crippen molar-refractivity contribution in [2.24, 2.45) is 0 Å². The first-order valence-electron chi connectivity index (χ1n) is 6.94. The average molecular weight is 485 g/mol. The number of halogens is 2. The van der Waals surface area contributed by atoms with E-state index in [-0.39, 0.29) is 16.3 Å². The Morgan fingerprint density at radius 1 is 1.00 bits per heavy atom. The largest absolute Gasteiger partial charge is 0.508 e. The Labute approximate surface area is 161 Å². The first kappa shape index (κ1) is 17.8. The maximum atomic E-state index is 12.5. The molecule has 0 saturated heterocycles. The molecule has 3 aromatic rings. The van der Waals surface area contributed by atoms with Crippen molar-refractivity contribution in [2.75, 3.05) is 4.72 Å². The Hall–Kier alpha value is -1.97. The summed E-state index contributed by atoms with van der Waals surface area (Å²) in [5.74, 6) is 0.480. The molecule has 0 fully saturated rings. The van der Waals surface area contributed by atoms with Gasteiger partial charge in [-0.3, -0.25) is 4.72 Å². The van der Waals surface area contributed by atoms with E-state index < -0.39 is 10.0 Å². The van der Waals surface area contributed by atoms with Gasteiger partial charge in [-0.25, -0.2) is 18.4 Å². The highest BCUT2D eigenvalue weighted by molar-refractivity contribution is 9.11. The number of phenolic OH excluding ortho intramolecular Hbond substituents is 1. The van der Waals surface area contributed by atoms with Crippen molar-refractivity contribution in [1.82, 2.24) is 9.97 Å². The molecule has 9 heteroatoms. The molecule has 128 valence electrons. The van der Waals surface area contributed by atoms with Gasteiger partial charge in [0, 0.05) is 14.5 Å². The van der Waals surface area contributed by atoms with E-state index in [1.54, 1.807) is 30.3 Å². The van der Waals surface area contributed by atoms with Crippen LogP contribution in [0.1, 0.15) is 0 Å². The van der Waals surface area contributed by atoms with Gasteiger partial charge < -0.3 is 5.11 Å². The number of phenols is 1. The third kappa shape index (κ3) is 4.17. The van der Waals surface area contributed by atoms with Crippen LogP contribution in [0.5, 0.6) is 5.75 Å². The summed E-state index contributed by atoms with van der Waals surface area (Å²) in [6.07, 6.45) is 2.74. The van der Waals surface area contributed by atoms with Crippen LogP contribution in [-0.4, -0.2) is 23.5 Å². The van der Waals surface area contributed by atoms with Crippen LogP contribution in [0.15, 0.2) is 68.7 Å². The first-order valence-corrected chi connectivity index (χ1v) is 10.0. The molecule has 1 heterocycles. The van der Waals surface area contributed by atoms with Gasteiger partial charge in [0.05, 0.1) is 18.1 Å². The summed E-state index contributed by atoms with van der Waals surface area (Å²) >= 11 is 6.49. The Kier molecular flexibility index (Phi) is 5.07. The normalized spacial score (nSPS) is 11.3. The van der Waals surface area contributed by atoms with Crippen molar-refractivity contribution in [1.29, 1.82) is 0 Å². The summed E-state index contributed by atoms with van der Waals surface area (Å²) in [7, 11) is -3.80. The molecule has 25 heavy (non-hydrogen) atoms. The van der Waals surface area contributed by atoms with Crippen LogP contribution in [0.2, 0.25) is 0 Å². The SMILES string of the molecule is O=S(=O)(Nc1cnc(-c2cccc(O)c2)nc1)c1cc(Br)ccc1Br. The lowest BCUT2D eigenvalue weighted by Gasteiger charge is -2.10. The number of hydrogen-bond acceptors (Lipinski definition) is 5. The number of sulfonamides is 1. The predicted octanol–water partition coefficient (Wildman–Crippen LogP) is 4.18. The zero-order valence-corrected chi connectivity index (χ0v) is 16.5. The second-order valence-corrected chi connectivity index (χ2v) is 8.45. The lowest BCUT2D eigenvalue weighted by atomic mass is 10.2. The average Bonchev–Trinajstić information content (AvgIpc) is 2.57. The molecular formula is C16H11Br2N3O3S. The van der Waals surface area contributed by atoms with E-state index in [9.17, 15) is 13.5 Å². The van der Waals surface area contributed by atoms with Crippen LogP contribution in [0, 0.1) is 0 Å². The quantitative estimate of drug-likeness (QED) is 0.579. The fourth-order valence-electron chi connectivity index (χ4n) is 2.07. The Balaban J connectivity index is 1.87. The zero-order chi connectivity index (χ0) is 18.0. The number of benzene rings is 2. The van der Waals surface area contributed by atoms with E-state index in [2.05, 4.69) is 46.5 Å². The molecule has 0 unspecified atom stereocenters. The third-order valence-corrected chi connectivity index (χ3v) is 6.06. The number of rotatable bonds is 4. The molecular weight excluding hydrogens is 474 g/mol. The van der Waals surface area contributed by atoms with Crippen LogP contribution >= 0.6 is 31.9 Å². The molecule has 0 aliphatic carbocycles. The number of anilines is 1. The van der Waals surface area contributed by atoms with Crippen LogP contribution in [-0.2, 0) is 10.0 Å². The van der Waals surface area contributed by atoms with Gasteiger partial charge in [-0.15, -0.1) is 0 Å². The van der Waals surface area contributed by atoms with Gasteiger partial charge in [0.25, 0.3) is 10.0 Å². The molecule has 0 spiro atoms. The lowest BCUT2D eigenvalue weighted by molar-refractivity contribution is 0.475. The zero-order valence-electron chi connectivity index (χ0n) is 12.5. The van der Waals surface area contributed by atoms with Crippen molar-refractivity contribution < 1.29 is 13.5 Å². The highest BCUT2D eigenvalue weighted by atomic mass is 79.9. The Bertz CT molecular complexity index is 1030. The number of aromatic hydroxyl groups is 1. The molecule has 0 aliphatic heterocycles. The Morgan fingerprint density at radius 3 is 2.40 bits per heavy atom. The molecule has 0 bridgehead atoms. The van der Waals surface area contributed by atoms with Gasteiger partial charge in [0.2, 0.25) is 0 Å². The summed E-state index contributed by atoms with van der Waals surface area (Å²) in [5, 5.41) is 9.50. The van der Waals surface area contributed by atoms with E-state index in [4.69, 9.17) is 0 Å². The van der Waals surface area contributed by atoms with E-state index in [0.29, 0.717) is 20.3 Å². The molecule has 0 radical (unpaired) electrons. The summed E-state index contributed by atoms with van der Waals surface area (Å²) in [6.45, 7) is 0. The maximum absolute atomic E-state index is 12.5. The van der Waals surface area contributed by atoms with E-state index in [0.717, 1.165) is 0 Å². The highest BCUT2D eigenvalue weighted by Crippen LogP contribution is 2.27. The molecule has 3 rings (SSSR count). The predicted molar refractivity (Wildman–Crippen MR) is 102 cm³/mol. The number of nitrogens with one attached hydrogen (secondary N) is 1. The molecule has 2 aromatic carbocycles. The number of nitrogens with zero attached hydrogens (tertiary/aromatic N) is 2. The van der Waals surface area contributed by atoms with Crippen molar-refractivity contribution in [2.45, 2.75) is 4.90 Å². The Morgan fingerprint density at radius 2 is 1.72 bits per heavy atom. The molecule has 1 aromatic heterocycles. The molecule has 0 amide bonds. The van der Waals surface area contributed by atoms with Gasteiger partial charge in [-0.05, 0) is 46.3 Å². The third-order valence-electron chi connectivity index (χ3n) is 3.19. The van der Waals surface area contributed by atoms with Crippen LogP contribution in [0.3, 0.4) is 0 Å². The second-order valence-electron chi connectivity index (χ2n) is 5.03. The van der Waals surface area contributed by atoms with Gasteiger partial charge in [-0.1, -0.05) is 28.1 Å². The van der Waals surface area contributed by atoms with E-state index in [1.807, 2.05) is 0 Å². The standard InChI is InChI=1S/C16H11Br2N3O3S/c17-11-4-5-14(18)15(7-11)25(23,24)21-12-8-19-16(20-9-12)10-2-1-3-13(22)6-10/h1-9,21-22H. The van der Waals surface area contributed by atoms with E-state index in [1.165, 1.54) is 24.5 Å². The van der Waals surface area contributed by atoms with Crippen LogP contribution < -0.4 is 4.72 Å². The molecule has 0 saturated carbocycles. The first-order chi connectivity index (χ1) is 11.8. The summed E-state index contributed by atoms with van der Waals surface area (Å²) in [4.78, 5) is 8.37. The topological polar surface area (TPSA) is 92.2 Å². The van der Waals surface area contributed by atoms with Crippen molar-refractivity contribution >= 4 is 47.6 Å². The van der Waals surface area contributed by atoms with Crippen molar-refractivity contribution in [3.05, 3.63) is 63.8 Å².